The SMILES string of the molecule is C=CCN(CC=C)C(=O)c1ccc(NC(=O)NCC(O)c2ccco2)cc1. The Morgan fingerprint density at radius 2 is 1.81 bits per heavy atom. The van der Waals surface area contributed by atoms with Crippen LogP contribution in [0.4, 0.5) is 10.5 Å². The molecule has 0 aliphatic carbocycles. The molecule has 0 spiro atoms. The van der Waals surface area contributed by atoms with E-state index in [1.165, 1.54) is 6.26 Å². The lowest BCUT2D eigenvalue weighted by Gasteiger charge is -2.19. The molecule has 0 fully saturated rings. The molecule has 7 heteroatoms. The number of hydrogen-bond acceptors (Lipinski definition) is 4. The summed E-state index contributed by atoms with van der Waals surface area (Å²) in [6.45, 7) is 8.14. The smallest absolute Gasteiger partial charge is 0.319 e. The van der Waals surface area contributed by atoms with Gasteiger partial charge in [0, 0.05) is 24.3 Å². The predicted octanol–water partition coefficient (Wildman–Crippen LogP) is 2.95. The van der Waals surface area contributed by atoms with Gasteiger partial charge in [0.15, 0.2) is 0 Å². The van der Waals surface area contributed by atoms with Gasteiger partial charge in [-0.25, -0.2) is 4.79 Å². The van der Waals surface area contributed by atoms with Crippen LogP contribution < -0.4 is 10.6 Å². The van der Waals surface area contributed by atoms with Gasteiger partial charge in [-0.05, 0) is 36.4 Å². The predicted molar refractivity (Wildman–Crippen MR) is 103 cm³/mol. The first-order valence-electron chi connectivity index (χ1n) is 8.42. The number of amides is 3. The molecule has 0 aliphatic heterocycles. The number of anilines is 1. The minimum atomic E-state index is -0.925. The van der Waals surface area contributed by atoms with E-state index >= 15 is 0 Å². The van der Waals surface area contributed by atoms with Crippen LogP contribution in [-0.4, -0.2) is 41.6 Å². The molecule has 1 aromatic heterocycles. The summed E-state index contributed by atoms with van der Waals surface area (Å²) >= 11 is 0. The van der Waals surface area contributed by atoms with Crippen molar-refractivity contribution in [2.45, 2.75) is 6.10 Å². The van der Waals surface area contributed by atoms with Gasteiger partial charge >= 0.3 is 6.03 Å². The number of aliphatic hydroxyl groups is 1. The lowest BCUT2D eigenvalue weighted by molar-refractivity contribution is 0.0791. The fraction of sp³-hybridized carbons (Fsp3) is 0.200. The second-order valence-electron chi connectivity index (χ2n) is 5.73. The standard InChI is InChI=1S/C20H23N3O4/c1-3-11-23(12-4-2)19(25)15-7-9-16(10-8-15)22-20(26)21-14-17(24)18-6-5-13-27-18/h3-10,13,17,24H,1-2,11-12,14H2,(H2,21,22,26). The van der Waals surface area contributed by atoms with Gasteiger partial charge in [0.05, 0.1) is 12.8 Å². The van der Waals surface area contributed by atoms with E-state index in [9.17, 15) is 14.7 Å². The number of rotatable bonds is 9. The normalized spacial score (nSPS) is 11.3. The van der Waals surface area contributed by atoms with Gasteiger partial charge < -0.3 is 25.1 Å². The highest BCUT2D eigenvalue weighted by atomic mass is 16.4. The Hall–Kier alpha value is -3.32. The van der Waals surface area contributed by atoms with Crippen LogP contribution in [-0.2, 0) is 0 Å². The molecule has 1 heterocycles. The van der Waals surface area contributed by atoms with Gasteiger partial charge in [-0.1, -0.05) is 12.2 Å². The van der Waals surface area contributed by atoms with E-state index in [0.29, 0.717) is 30.1 Å². The van der Waals surface area contributed by atoms with E-state index in [4.69, 9.17) is 4.42 Å². The second-order valence-corrected chi connectivity index (χ2v) is 5.73. The molecule has 2 aromatic rings. The fourth-order valence-corrected chi connectivity index (χ4v) is 2.38. The summed E-state index contributed by atoms with van der Waals surface area (Å²) in [6, 6.07) is 9.35. The largest absolute Gasteiger partial charge is 0.467 e. The second kappa shape index (κ2) is 9.98. The van der Waals surface area contributed by atoms with Gasteiger partial charge in [0.1, 0.15) is 11.9 Å². The van der Waals surface area contributed by atoms with Gasteiger partial charge in [-0.15, -0.1) is 13.2 Å². The zero-order valence-electron chi connectivity index (χ0n) is 14.9. The maximum Gasteiger partial charge on any atom is 0.319 e. The summed E-state index contributed by atoms with van der Waals surface area (Å²) < 4.78 is 5.07. The van der Waals surface area contributed by atoms with Crippen molar-refractivity contribution in [1.82, 2.24) is 10.2 Å². The molecule has 0 bridgehead atoms. The number of benzene rings is 1. The Morgan fingerprint density at radius 1 is 1.15 bits per heavy atom. The Morgan fingerprint density at radius 3 is 2.37 bits per heavy atom. The molecule has 0 aliphatic rings. The first kappa shape index (κ1) is 20.0. The summed E-state index contributed by atoms with van der Waals surface area (Å²) in [6.07, 6.45) is 3.83. The first-order valence-corrected chi connectivity index (χ1v) is 8.42. The van der Waals surface area contributed by atoms with Crippen LogP contribution in [0.3, 0.4) is 0 Å². The molecular weight excluding hydrogens is 346 g/mol. The molecule has 0 saturated carbocycles. The van der Waals surface area contributed by atoms with Crippen LogP contribution in [0.15, 0.2) is 72.4 Å². The van der Waals surface area contributed by atoms with Crippen molar-refractivity contribution in [2.75, 3.05) is 25.0 Å². The molecule has 1 aromatic carbocycles. The molecular formula is C20H23N3O4. The molecule has 1 unspecified atom stereocenters. The van der Waals surface area contributed by atoms with Gasteiger partial charge in [0.2, 0.25) is 0 Å². The van der Waals surface area contributed by atoms with Crippen LogP contribution in [0.1, 0.15) is 22.2 Å². The van der Waals surface area contributed by atoms with Crippen molar-refractivity contribution in [3.05, 3.63) is 79.3 Å². The topological polar surface area (TPSA) is 94.8 Å². The van der Waals surface area contributed by atoms with Crippen molar-refractivity contribution < 1.29 is 19.1 Å². The summed E-state index contributed by atoms with van der Waals surface area (Å²) in [4.78, 5) is 26.0. The monoisotopic (exact) mass is 369 g/mol. The summed E-state index contributed by atoms with van der Waals surface area (Å²) in [5.41, 5.74) is 1.02. The first-order chi connectivity index (χ1) is 13.0. The fourth-order valence-electron chi connectivity index (χ4n) is 2.38. The Balaban J connectivity index is 1.88. The molecule has 3 N–H and O–H groups in total. The number of aliphatic hydroxyl groups excluding tert-OH is 1. The van der Waals surface area contributed by atoms with Crippen LogP contribution >= 0.6 is 0 Å². The minimum Gasteiger partial charge on any atom is -0.467 e. The minimum absolute atomic E-state index is 0.00792. The highest BCUT2D eigenvalue weighted by Gasteiger charge is 2.14. The molecule has 7 nitrogen and oxygen atoms in total. The average Bonchev–Trinajstić information content (AvgIpc) is 3.21. The van der Waals surface area contributed by atoms with Crippen molar-refractivity contribution in [2.24, 2.45) is 0 Å². The zero-order chi connectivity index (χ0) is 19.6. The summed E-state index contributed by atoms with van der Waals surface area (Å²) in [5.74, 6) is 0.231. The maximum absolute atomic E-state index is 12.4. The van der Waals surface area contributed by atoms with E-state index < -0.39 is 12.1 Å². The van der Waals surface area contributed by atoms with Gasteiger partial charge in [-0.2, -0.15) is 0 Å². The molecule has 27 heavy (non-hydrogen) atoms. The third-order valence-electron chi connectivity index (χ3n) is 3.70. The van der Waals surface area contributed by atoms with E-state index in [2.05, 4.69) is 23.8 Å². The molecule has 0 saturated heterocycles. The third kappa shape index (κ3) is 5.86. The van der Waals surface area contributed by atoms with Crippen molar-refractivity contribution >= 4 is 17.6 Å². The molecule has 2 rings (SSSR count). The van der Waals surface area contributed by atoms with Crippen LogP contribution in [0, 0.1) is 0 Å². The summed E-state index contributed by atoms with van der Waals surface area (Å²) in [5, 5.41) is 15.1. The highest BCUT2D eigenvalue weighted by Crippen LogP contribution is 2.13. The number of nitrogens with one attached hydrogen (secondary N) is 2. The van der Waals surface area contributed by atoms with Gasteiger partial charge in [-0.3, -0.25) is 4.79 Å². The zero-order valence-corrected chi connectivity index (χ0v) is 14.9. The summed E-state index contributed by atoms with van der Waals surface area (Å²) in [7, 11) is 0. The molecule has 142 valence electrons. The Labute approximate surface area is 158 Å². The van der Waals surface area contributed by atoms with Crippen molar-refractivity contribution in [3.63, 3.8) is 0 Å². The van der Waals surface area contributed by atoms with Crippen molar-refractivity contribution in [1.29, 1.82) is 0 Å². The quantitative estimate of drug-likeness (QED) is 0.592. The molecule has 0 radical (unpaired) electrons. The van der Waals surface area contributed by atoms with Crippen LogP contribution in [0.25, 0.3) is 0 Å². The lowest BCUT2D eigenvalue weighted by Crippen LogP contribution is -2.32. The van der Waals surface area contributed by atoms with E-state index in [-0.39, 0.29) is 12.5 Å². The average molecular weight is 369 g/mol. The number of carbonyl (C=O) groups is 2. The lowest BCUT2D eigenvalue weighted by atomic mass is 10.1. The van der Waals surface area contributed by atoms with E-state index in [1.807, 2.05) is 0 Å². The van der Waals surface area contributed by atoms with E-state index in [1.54, 1.807) is 53.5 Å². The molecule has 1 atom stereocenters. The highest BCUT2D eigenvalue weighted by molar-refractivity contribution is 5.95. The number of furan rings is 1. The van der Waals surface area contributed by atoms with Crippen molar-refractivity contribution in [3.8, 4) is 0 Å². The maximum atomic E-state index is 12.4. The van der Waals surface area contributed by atoms with E-state index in [0.717, 1.165) is 0 Å². The van der Waals surface area contributed by atoms with Gasteiger partial charge in [0.25, 0.3) is 5.91 Å². The Kier molecular flexibility index (Phi) is 7.39. The molecule has 3 amide bonds. The Bertz CT molecular complexity index is 759. The number of urea groups is 1. The van der Waals surface area contributed by atoms with Crippen LogP contribution in [0.2, 0.25) is 0 Å². The third-order valence-corrected chi connectivity index (χ3v) is 3.70. The number of hydrogen-bond donors (Lipinski definition) is 3. The number of carbonyl (C=O) groups excluding carboxylic acids is 2. The van der Waals surface area contributed by atoms with Crippen LogP contribution in [0.5, 0.6) is 0 Å². The number of nitrogens with zero attached hydrogens (tertiary/aromatic N) is 1.